The first-order valence-corrected chi connectivity index (χ1v) is 9.12. The number of hydrogen-bond donors (Lipinski definition) is 1. The second-order valence-corrected chi connectivity index (χ2v) is 7.16. The predicted octanol–water partition coefficient (Wildman–Crippen LogP) is 3.30. The highest BCUT2D eigenvalue weighted by Gasteiger charge is 2.17. The van der Waals surface area contributed by atoms with Gasteiger partial charge in [0.15, 0.2) is 5.82 Å². The molecule has 0 spiro atoms. The van der Waals surface area contributed by atoms with Crippen LogP contribution in [0, 0.1) is 0 Å². The van der Waals surface area contributed by atoms with E-state index in [0.29, 0.717) is 29.0 Å². The average molecular weight is 408 g/mol. The molecule has 0 radical (unpaired) electrons. The van der Waals surface area contributed by atoms with Gasteiger partial charge < -0.3 is 5.11 Å². The lowest BCUT2D eigenvalue weighted by Gasteiger charge is -2.21. The van der Waals surface area contributed by atoms with E-state index in [1.54, 1.807) is 12.1 Å². The normalized spacial score (nSPS) is 12.5. The third kappa shape index (κ3) is 4.99. The minimum Gasteiger partial charge on any atom is -0.390 e. The van der Waals surface area contributed by atoms with Crippen LogP contribution in [0.3, 0.4) is 0 Å². The summed E-state index contributed by atoms with van der Waals surface area (Å²) in [5, 5.41) is 15.3. The number of aliphatic hydroxyl groups excluding tert-OH is 1. The van der Waals surface area contributed by atoms with Crippen molar-refractivity contribution >= 4 is 23.2 Å². The number of benzene rings is 2. The van der Waals surface area contributed by atoms with E-state index in [9.17, 15) is 9.90 Å². The first-order chi connectivity index (χ1) is 12.9. The van der Waals surface area contributed by atoms with E-state index in [1.807, 2.05) is 48.3 Å². The summed E-state index contributed by atoms with van der Waals surface area (Å²) in [5.41, 5.74) is 1.73. The monoisotopic (exact) mass is 407 g/mol. The molecule has 3 rings (SSSR count). The minimum absolute atomic E-state index is 0.0816. The zero-order valence-electron chi connectivity index (χ0n) is 14.7. The van der Waals surface area contributed by atoms with Crippen molar-refractivity contribution in [3.05, 3.63) is 74.7 Å². The summed E-state index contributed by atoms with van der Waals surface area (Å²) in [5.74, 6) is -0.202. The molecular weight excluding hydrogens is 389 g/mol. The van der Waals surface area contributed by atoms with E-state index in [2.05, 4.69) is 5.16 Å². The largest absolute Gasteiger partial charge is 0.441 e. The molecule has 0 aliphatic carbocycles. The second kappa shape index (κ2) is 8.71. The summed E-state index contributed by atoms with van der Waals surface area (Å²) >= 11 is 12.0. The van der Waals surface area contributed by atoms with Crippen LogP contribution in [-0.4, -0.2) is 39.4 Å². The van der Waals surface area contributed by atoms with Gasteiger partial charge in [-0.15, -0.1) is 0 Å². The van der Waals surface area contributed by atoms with E-state index >= 15 is 0 Å². The SMILES string of the molecule is CN(Cc1ccc(Cl)c(Cl)c1)CC(O)Cn1c(-c2ccccc2)noc1=O. The Hall–Kier alpha value is -2.12. The van der Waals surface area contributed by atoms with E-state index in [-0.39, 0.29) is 6.54 Å². The molecule has 1 heterocycles. The molecule has 0 fully saturated rings. The Morgan fingerprint density at radius 1 is 1.19 bits per heavy atom. The summed E-state index contributed by atoms with van der Waals surface area (Å²) < 4.78 is 6.12. The Balaban J connectivity index is 1.66. The van der Waals surface area contributed by atoms with Crippen molar-refractivity contribution in [2.75, 3.05) is 13.6 Å². The van der Waals surface area contributed by atoms with Crippen molar-refractivity contribution in [3.8, 4) is 11.4 Å². The van der Waals surface area contributed by atoms with Crippen LogP contribution < -0.4 is 5.76 Å². The van der Waals surface area contributed by atoms with Crippen LogP contribution in [-0.2, 0) is 13.1 Å². The van der Waals surface area contributed by atoms with Crippen LogP contribution in [0.15, 0.2) is 57.8 Å². The Morgan fingerprint density at radius 2 is 1.93 bits per heavy atom. The van der Waals surface area contributed by atoms with Crippen LogP contribution in [0.2, 0.25) is 10.0 Å². The van der Waals surface area contributed by atoms with Crippen LogP contribution in [0.1, 0.15) is 5.56 Å². The van der Waals surface area contributed by atoms with Crippen molar-refractivity contribution in [1.82, 2.24) is 14.6 Å². The van der Waals surface area contributed by atoms with E-state index in [1.165, 1.54) is 4.57 Å². The maximum absolute atomic E-state index is 12.0. The fourth-order valence-corrected chi connectivity index (χ4v) is 3.19. The molecule has 0 bridgehead atoms. The van der Waals surface area contributed by atoms with Crippen molar-refractivity contribution in [1.29, 1.82) is 0 Å². The standard InChI is InChI=1S/C19H19Cl2N3O3/c1-23(10-13-7-8-16(20)17(21)9-13)11-15(25)12-24-18(22-27-19(24)26)14-5-3-2-4-6-14/h2-9,15,25H,10-12H2,1H3. The van der Waals surface area contributed by atoms with Crippen LogP contribution in [0.5, 0.6) is 0 Å². The van der Waals surface area contributed by atoms with Crippen LogP contribution in [0.25, 0.3) is 11.4 Å². The fourth-order valence-electron chi connectivity index (χ4n) is 2.87. The molecule has 1 aromatic heterocycles. The second-order valence-electron chi connectivity index (χ2n) is 6.35. The third-order valence-electron chi connectivity index (χ3n) is 4.07. The van der Waals surface area contributed by atoms with Gasteiger partial charge in [0.05, 0.1) is 22.7 Å². The predicted molar refractivity (Wildman–Crippen MR) is 105 cm³/mol. The summed E-state index contributed by atoms with van der Waals surface area (Å²) in [6.45, 7) is 1.02. The number of nitrogens with zero attached hydrogens (tertiary/aromatic N) is 3. The summed E-state index contributed by atoms with van der Waals surface area (Å²) in [6, 6.07) is 14.7. The Labute approximate surface area is 166 Å². The highest BCUT2D eigenvalue weighted by molar-refractivity contribution is 6.42. The molecule has 8 heteroatoms. The molecule has 142 valence electrons. The van der Waals surface area contributed by atoms with Crippen LogP contribution in [0.4, 0.5) is 0 Å². The molecule has 0 saturated heterocycles. The van der Waals surface area contributed by atoms with Gasteiger partial charge in [-0.3, -0.25) is 14.0 Å². The van der Waals surface area contributed by atoms with Gasteiger partial charge in [-0.2, -0.15) is 0 Å². The molecule has 1 N–H and O–H groups in total. The maximum Gasteiger partial charge on any atom is 0.441 e. The van der Waals surface area contributed by atoms with Crippen LogP contribution >= 0.6 is 23.2 Å². The number of rotatable bonds is 7. The zero-order chi connectivity index (χ0) is 19.4. The average Bonchev–Trinajstić information content (AvgIpc) is 2.99. The molecular formula is C19H19Cl2N3O3. The van der Waals surface area contributed by atoms with Gasteiger partial charge in [-0.1, -0.05) is 64.8 Å². The number of aromatic nitrogens is 2. The maximum atomic E-state index is 12.0. The Bertz CT molecular complexity index is 956. The quantitative estimate of drug-likeness (QED) is 0.650. The summed E-state index contributed by atoms with van der Waals surface area (Å²) in [4.78, 5) is 13.9. The molecule has 27 heavy (non-hydrogen) atoms. The molecule has 2 aromatic carbocycles. The van der Waals surface area contributed by atoms with Gasteiger partial charge in [0, 0.05) is 18.7 Å². The number of halogens is 2. The zero-order valence-corrected chi connectivity index (χ0v) is 16.2. The minimum atomic E-state index is -0.780. The lowest BCUT2D eigenvalue weighted by molar-refractivity contribution is 0.105. The van der Waals surface area contributed by atoms with Gasteiger partial charge in [0.25, 0.3) is 0 Å². The highest BCUT2D eigenvalue weighted by atomic mass is 35.5. The molecule has 0 aliphatic rings. The van der Waals surface area contributed by atoms with E-state index in [4.69, 9.17) is 27.7 Å². The fraction of sp³-hybridized carbons (Fsp3) is 0.263. The van der Waals surface area contributed by atoms with E-state index in [0.717, 1.165) is 11.1 Å². The molecule has 0 saturated carbocycles. The summed E-state index contributed by atoms with van der Waals surface area (Å²) in [6.07, 6.45) is -0.780. The number of aliphatic hydroxyl groups is 1. The third-order valence-corrected chi connectivity index (χ3v) is 4.81. The lowest BCUT2D eigenvalue weighted by atomic mass is 10.2. The topological polar surface area (TPSA) is 71.5 Å². The van der Waals surface area contributed by atoms with Gasteiger partial charge >= 0.3 is 5.76 Å². The van der Waals surface area contributed by atoms with Crippen molar-refractivity contribution in [2.24, 2.45) is 0 Å². The summed E-state index contributed by atoms with van der Waals surface area (Å²) in [7, 11) is 1.88. The van der Waals surface area contributed by atoms with Crippen molar-refractivity contribution in [2.45, 2.75) is 19.2 Å². The van der Waals surface area contributed by atoms with Gasteiger partial charge in [0.2, 0.25) is 0 Å². The van der Waals surface area contributed by atoms with E-state index < -0.39 is 11.9 Å². The Morgan fingerprint density at radius 3 is 2.63 bits per heavy atom. The molecule has 6 nitrogen and oxygen atoms in total. The van der Waals surface area contributed by atoms with Gasteiger partial charge in [-0.25, -0.2) is 4.79 Å². The Kier molecular flexibility index (Phi) is 6.34. The molecule has 1 atom stereocenters. The van der Waals surface area contributed by atoms with Gasteiger partial charge in [-0.05, 0) is 24.7 Å². The van der Waals surface area contributed by atoms with Crippen molar-refractivity contribution < 1.29 is 9.63 Å². The number of hydrogen-bond acceptors (Lipinski definition) is 5. The smallest absolute Gasteiger partial charge is 0.390 e. The molecule has 0 aliphatic heterocycles. The highest BCUT2D eigenvalue weighted by Crippen LogP contribution is 2.23. The molecule has 3 aromatic rings. The van der Waals surface area contributed by atoms with Gasteiger partial charge in [0.1, 0.15) is 0 Å². The first kappa shape index (κ1) is 19.6. The molecule has 1 unspecified atom stereocenters. The first-order valence-electron chi connectivity index (χ1n) is 8.36. The lowest BCUT2D eigenvalue weighted by Crippen LogP contribution is -2.34. The van der Waals surface area contributed by atoms with Crippen molar-refractivity contribution in [3.63, 3.8) is 0 Å². The molecule has 0 amide bonds. The number of likely N-dealkylation sites (N-methyl/N-ethyl adjacent to an activating group) is 1.